The van der Waals surface area contributed by atoms with Crippen molar-refractivity contribution in [3.05, 3.63) is 117 Å². The molecule has 16 heteroatoms. The van der Waals surface area contributed by atoms with Crippen LogP contribution in [0.1, 0.15) is 91.0 Å². The van der Waals surface area contributed by atoms with Crippen LogP contribution in [0.2, 0.25) is 0 Å². The van der Waals surface area contributed by atoms with Crippen LogP contribution < -0.4 is 21.3 Å². The van der Waals surface area contributed by atoms with Crippen molar-refractivity contribution in [3.63, 3.8) is 0 Å². The van der Waals surface area contributed by atoms with Gasteiger partial charge < -0.3 is 40.9 Å². The zero-order valence-electron chi connectivity index (χ0n) is 31.3. The number of phenols is 4. The Labute approximate surface area is 345 Å². The van der Waals surface area contributed by atoms with Crippen molar-refractivity contribution in [2.75, 3.05) is 26.2 Å². The first-order chi connectivity index (χ1) is 26.4. The SMILES string of the molecule is C.C.C.Cc1ccc(C(NCCNC(C(=O)O)c2ccc(C)cc2O)C(=O)O)c(O)c1.Cc1ccc(O)c(C(NCCNC(C(=O)O)c2cc(C)ccc2O)C(=O)O)c1. The van der Waals surface area contributed by atoms with Crippen LogP contribution in [0.3, 0.4) is 0 Å². The lowest BCUT2D eigenvalue weighted by Gasteiger charge is -2.19. The van der Waals surface area contributed by atoms with E-state index in [-0.39, 0.29) is 93.7 Å². The van der Waals surface area contributed by atoms with Crippen molar-refractivity contribution in [2.24, 2.45) is 0 Å². The van der Waals surface area contributed by atoms with Gasteiger partial charge >= 0.3 is 23.9 Å². The van der Waals surface area contributed by atoms with Crippen molar-refractivity contribution in [3.8, 4) is 23.0 Å². The molecule has 59 heavy (non-hydrogen) atoms. The number of nitrogens with one attached hydrogen (secondary N) is 4. The summed E-state index contributed by atoms with van der Waals surface area (Å²) in [6.45, 7) is 7.64. The number of hydrogen-bond donors (Lipinski definition) is 12. The number of aryl methyl sites for hydroxylation is 4. The molecule has 16 nitrogen and oxygen atoms in total. The molecule has 0 radical (unpaired) electrons. The maximum atomic E-state index is 11.6. The molecule has 0 amide bonds. The fraction of sp³-hybridized carbons (Fsp3) is 0.349. The smallest absolute Gasteiger partial charge is 0.325 e. The van der Waals surface area contributed by atoms with E-state index in [0.717, 1.165) is 22.3 Å². The minimum Gasteiger partial charge on any atom is -0.508 e. The van der Waals surface area contributed by atoms with Crippen LogP contribution in [0.4, 0.5) is 0 Å². The van der Waals surface area contributed by atoms with Gasteiger partial charge in [-0.2, -0.15) is 0 Å². The lowest BCUT2D eigenvalue weighted by atomic mass is 10.0. The van der Waals surface area contributed by atoms with Gasteiger partial charge in [0.2, 0.25) is 0 Å². The van der Waals surface area contributed by atoms with Crippen molar-refractivity contribution >= 4 is 23.9 Å². The van der Waals surface area contributed by atoms with E-state index in [0.29, 0.717) is 0 Å². The number of aliphatic carboxylic acids is 4. The number of rotatable bonds is 18. The predicted molar refractivity (Wildman–Crippen MR) is 225 cm³/mol. The lowest BCUT2D eigenvalue weighted by molar-refractivity contribution is -0.141. The molecule has 4 rings (SSSR count). The molecule has 4 unspecified atom stereocenters. The second-order valence-corrected chi connectivity index (χ2v) is 13.2. The second-order valence-electron chi connectivity index (χ2n) is 13.2. The fourth-order valence-corrected chi connectivity index (χ4v) is 5.79. The summed E-state index contributed by atoms with van der Waals surface area (Å²) in [6, 6.07) is 14.2. The van der Waals surface area contributed by atoms with Gasteiger partial charge in [0, 0.05) is 48.4 Å². The summed E-state index contributed by atoms with van der Waals surface area (Å²) in [4.78, 5) is 46.3. The molecule has 4 aromatic carbocycles. The molecular weight excluding hydrogens is 764 g/mol. The summed E-state index contributed by atoms with van der Waals surface area (Å²) < 4.78 is 0. The molecule has 0 spiro atoms. The van der Waals surface area contributed by atoms with Crippen LogP contribution in [0.15, 0.2) is 72.8 Å². The minimum absolute atomic E-state index is 0. The highest BCUT2D eigenvalue weighted by atomic mass is 16.4. The maximum absolute atomic E-state index is 11.6. The molecule has 0 aliphatic rings. The molecule has 12 N–H and O–H groups in total. The molecule has 0 saturated carbocycles. The fourth-order valence-electron chi connectivity index (χ4n) is 5.79. The number of phenolic OH excluding ortho intramolecular Hbond substituents is 4. The van der Waals surface area contributed by atoms with Gasteiger partial charge in [-0.25, -0.2) is 0 Å². The van der Waals surface area contributed by atoms with Crippen molar-refractivity contribution < 1.29 is 60.0 Å². The van der Waals surface area contributed by atoms with Crippen molar-refractivity contribution in [1.29, 1.82) is 0 Å². The highest BCUT2D eigenvalue weighted by Crippen LogP contribution is 2.29. The average Bonchev–Trinajstić information content (AvgIpc) is 3.11. The monoisotopic (exact) mass is 824 g/mol. The first-order valence-electron chi connectivity index (χ1n) is 17.4. The molecule has 0 bridgehead atoms. The normalized spacial score (nSPS) is 12.4. The minimum atomic E-state index is -1.16. The van der Waals surface area contributed by atoms with Gasteiger partial charge in [0.25, 0.3) is 0 Å². The molecule has 4 atom stereocenters. The van der Waals surface area contributed by atoms with Crippen LogP contribution in [0.25, 0.3) is 0 Å². The average molecular weight is 825 g/mol. The lowest BCUT2D eigenvalue weighted by Crippen LogP contribution is -2.37. The third-order valence-electron chi connectivity index (χ3n) is 8.61. The number of carbonyl (C=O) groups is 4. The van der Waals surface area contributed by atoms with E-state index in [1.165, 1.54) is 36.4 Å². The number of benzene rings is 4. The Morgan fingerprint density at radius 2 is 0.627 bits per heavy atom. The van der Waals surface area contributed by atoms with Gasteiger partial charge in [-0.05, 0) is 63.1 Å². The van der Waals surface area contributed by atoms with E-state index >= 15 is 0 Å². The summed E-state index contributed by atoms with van der Waals surface area (Å²) >= 11 is 0. The highest BCUT2D eigenvalue weighted by Gasteiger charge is 2.26. The second kappa shape index (κ2) is 24.5. The van der Waals surface area contributed by atoms with Gasteiger partial charge in [-0.3, -0.25) is 40.4 Å². The van der Waals surface area contributed by atoms with E-state index in [1.54, 1.807) is 64.1 Å². The van der Waals surface area contributed by atoms with Crippen LogP contribution >= 0.6 is 0 Å². The Balaban J connectivity index is 0.00000109. The Kier molecular flexibility index (Phi) is 22.0. The zero-order chi connectivity index (χ0) is 41.7. The third kappa shape index (κ3) is 15.2. The van der Waals surface area contributed by atoms with Gasteiger partial charge in [0.15, 0.2) is 0 Å². The largest absolute Gasteiger partial charge is 0.508 e. The first kappa shape index (κ1) is 52.8. The standard InChI is InChI=1S/2C20H24N2O6.3CH4/c1-11-3-5-15(23)13(9-11)17(19(25)26)21-7-8-22-18(20(27)28)14-10-12(2)4-6-16(14)24;1-11-3-5-13(15(23)9-11)17(19(25)26)21-7-8-22-18(20(27)28)14-6-4-12(2)10-16(14)24;;;/h2*3-6,9-10,17-18,21-24H,7-8H2,1-2H3,(H,25,26)(H,27,28);3*1H4. The molecule has 0 aromatic heterocycles. The Morgan fingerprint density at radius 1 is 0.390 bits per heavy atom. The number of carboxylic acid groups (broad SMARTS) is 4. The summed E-state index contributed by atoms with van der Waals surface area (Å²) in [5, 5.41) is 88.9. The topological polar surface area (TPSA) is 278 Å². The van der Waals surface area contributed by atoms with Crippen LogP contribution in [-0.4, -0.2) is 90.9 Å². The Bertz CT molecular complexity index is 1880. The predicted octanol–water partition coefficient (Wildman–Crippen LogP) is 5.60. The van der Waals surface area contributed by atoms with E-state index < -0.39 is 48.0 Å². The quantitative estimate of drug-likeness (QED) is 0.0544. The molecule has 0 aliphatic heterocycles. The molecule has 4 aromatic rings. The van der Waals surface area contributed by atoms with Gasteiger partial charge in [0.05, 0.1) is 0 Å². The summed E-state index contributed by atoms with van der Waals surface area (Å²) in [5.74, 6) is -5.16. The molecule has 0 aliphatic carbocycles. The third-order valence-corrected chi connectivity index (χ3v) is 8.61. The Hall–Kier alpha value is -6.20. The molecule has 0 heterocycles. The zero-order valence-corrected chi connectivity index (χ0v) is 31.3. The van der Waals surface area contributed by atoms with Gasteiger partial charge in [-0.15, -0.1) is 0 Å². The summed E-state index contributed by atoms with van der Waals surface area (Å²) in [7, 11) is 0. The van der Waals surface area contributed by atoms with E-state index in [9.17, 15) is 60.0 Å². The van der Waals surface area contributed by atoms with Crippen LogP contribution in [-0.2, 0) is 19.2 Å². The molecule has 0 saturated heterocycles. The number of hydrogen-bond acceptors (Lipinski definition) is 12. The number of aromatic hydroxyl groups is 4. The highest BCUT2D eigenvalue weighted by molar-refractivity contribution is 5.78. The molecule has 0 fully saturated rings. The van der Waals surface area contributed by atoms with Gasteiger partial charge in [-0.1, -0.05) is 81.9 Å². The van der Waals surface area contributed by atoms with Crippen molar-refractivity contribution in [2.45, 2.75) is 74.1 Å². The molecular formula is C43H60N4O12. The number of carboxylic acids is 4. The van der Waals surface area contributed by atoms with E-state index in [4.69, 9.17) is 0 Å². The Morgan fingerprint density at radius 3 is 0.881 bits per heavy atom. The van der Waals surface area contributed by atoms with Crippen LogP contribution in [0, 0.1) is 27.7 Å². The first-order valence-corrected chi connectivity index (χ1v) is 17.4. The van der Waals surface area contributed by atoms with Gasteiger partial charge in [0.1, 0.15) is 47.2 Å². The van der Waals surface area contributed by atoms with E-state index in [1.807, 2.05) is 0 Å². The summed E-state index contributed by atoms with van der Waals surface area (Å²) in [5.41, 5.74) is 4.13. The van der Waals surface area contributed by atoms with Crippen LogP contribution in [0.5, 0.6) is 23.0 Å². The van der Waals surface area contributed by atoms with Crippen molar-refractivity contribution in [1.82, 2.24) is 21.3 Å². The molecule has 324 valence electrons. The summed E-state index contributed by atoms with van der Waals surface area (Å²) in [6.07, 6.45) is 0. The van der Waals surface area contributed by atoms with E-state index in [2.05, 4.69) is 21.3 Å². The maximum Gasteiger partial charge on any atom is 0.325 e.